The lowest BCUT2D eigenvalue weighted by Crippen LogP contribution is -2.48. The van der Waals surface area contributed by atoms with Crippen molar-refractivity contribution in [2.75, 3.05) is 45.7 Å². The van der Waals surface area contributed by atoms with Gasteiger partial charge in [0.05, 0.1) is 0 Å². The Hall–Kier alpha value is -0.980. The summed E-state index contributed by atoms with van der Waals surface area (Å²) in [4.78, 5) is 9.01. The Labute approximate surface area is 164 Å². The standard InChI is InChI=1S/C19H32N4.HI/c1-15-12-16(2)14-23(13-15)19(20-3)21-11-10-17-6-8-18(9-7-17)22(4)5;/h6-9,15-16H,10-14H2,1-5H3,(H,20,21);1H. The van der Waals surface area contributed by atoms with Crippen molar-refractivity contribution in [2.24, 2.45) is 16.8 Å². The summed E-state index contributed by atoms with van der Waals surface area (Å²) in [6.07, 6.45) is 2.34. The molecule has 5 heteroatoms. The number of aliphatic imine (C=N–C) groups is 1. The fourth-order valence-electron chi connectivity index (χ4n) is 3.45. The number of piperidine rings is 1. The lowest BCUT2D eigenvalue weighted by molar-refractivity contribution is 0.208. The molecule has 1 heterocycles. The Kier molecular flexibility index (Phi) is 8.87. The molecular weight excluding hydrogens is 411 g/mol. The summed E-state index contributed by atoms with van der Waals surface area (Å²) in [7, 11) is 6.03. The first-order valence-corrected chi connectivity index (χ1v) is 8.71. The van der Waals surface area contributed by atoms with Crippen molar-refractivity contribution in [2.45, 2.75) is 26.7 Å². The fourth-order valence-corrected chi connectivity index (χ4v) is 3.45. The predicted molar refractivity (Wildman–Crippen MR) is 116 cm³/mol. The number of benzene rings is 1. The molecule has 4 nitrogen and oxygen atoms in total. The van der Waals surface area contributed by atoms with Crippen molar-refractivity contribution >= 4 is 35.6 Å². The molecule has 0 bridgehead atoms. The van der Waals surface area contributed by atoms with Crippen LogP contribution < -0.4 is 10.2 Å². The highest BCUT2D eigenvalue weighted by molar-refractivity contribution is 14.0. The van der Waals surface area contributed by atoms with Crippen LogP contribution in [-0.4, -0.2) is 51.6 Å². The highest BCUT2D eigenvalue weighted by Gasteiger charge is 2.23. The Balaban J connectivity index is 0.00000288. The van der Waals surface area contributed by atoms with E-state index in [1.54, 1.807) is 0 Å². The van der Waals surface area contributed by atoms with Crippen LogP contribution >= 0.6 is 24.0 Å². The fraction of sp³-hybridized carbons (Fsp3) is 0.632. The molecule has 2 rings (SSSR count). The van der Waals surface area contributed by atoms with Crippen molar-refractivity contribution in [3.8, 4) is 0 Å². The van der Waals surface area contributed by atoms with E-state index in [0.29, 0.717) is 0 Å². The third-order valence-corrected chi connectivity index (χ3v) is 4.53. The normalized spacial score (nSPS) is 21.2. The average molecular weight is 444 g/mol. The van der Waals surface area contributed by atoms with Gasteiger partial charge in [0, 0.05) is 46.5 Å². The van der Waals surface area contributed by atoms with Crippen molar-refractivity contribution in [3.63, 3.8) is 0 Å². The van der Waals surface area contributed by atoms with Gasteiger partial charge < -0.3 is 15.1 Å². The molecule has 1 aliphatic rings. The van der Waals surface area contributed by atoms with Gasteiger partial charge in [-0.2, -0.15) is 0 Å². The molecule has 1 saturated heterocycles. The number of nitrogens with zero attached hydrogens (tertiary/aromatic N) is 3. The first-order valence-electron chi connectivity index (χ1n) is 8.71. The van der Waals surface area contributed by atoms with Gasteiger partial charge in [-0.15, -0.1) is 24.0 Å². The summed E-state index contributed by atoms with van der Waals surface area (Å²) in [6, 6.07) is 8.78. The number of nitrogens with one attached hydrogen (secondary N) is 1. The molecule has 0 aliphatic carbocycles. The SMILES string of the molecule is CN=C(NCCc1ccc(N(C)C)cc1)N1CC(C)CC(C)C1.I. The maximum atomic E-state index is 4.47. The van der Waals surface area contributed by atoms with Gasteiger partial charge in [-0.25, -0.2) is 0 Å². The molecule has 0 amide bonds. The molecular formula is C19H33IN4. The van der Waals surface area contributed by atoms with Crippen LogP contribution in [0, 0.1) is 11.8 Å². The number of likely N-dealkylation sites (tertiary alicyclic amines) is 1. The highest BCUT2D eigenvalue weighted by atomic mass is 127. The molecule has 24 heavy (non-hydrogen) atoms. The molecule has 136 valence electrons. The molecule has 0 aromatic heterocycles. The molecule has 0 radical (unpaired) electrons. The summed E-state index contributed by atoms with van der Waals surface area (Å²) in [5.74, 6) is 2.54. The molecule has 1 aromatic rings. The monoisotopic (exact) mass is 444 g/mol. The molecule has 1 aliphatic heterocycles. The number of halogens is 1. The van der Waals surface area contributed by atoms with Gasteiger partial charge in [-0.3, -0.25) is 4.99 Å². The Morgan fingerprint density at radius 3 is 2.25 bits per heavy atom. The first-order chi connectivity index (χ1) is 11.0. The summed E-state index contributed by atoms with van der Waals surface area (Å²) in [5, 5.41) is 3.53. The minimum Gasteiger partial charge on any atom is -0.378 e. The molecule has 0 spiro atoms. The third-order valence-electron chi connectivity index (χ3n) is 4.53. The van der Waals surface area contributed by atoms with Crippen LogP contribution in [0.3, 0.4) is 0 Å². The van der Waals surface area contributed by atoms with Crippen LogP contribution in [-0.2, 0) is 6.42 Å². The van der Waals surface area contributed by atoms with Gasteiger partial charge in [-0.05, 0) is 42.4 Å². The van der Waals surface area contributed by atoms with Gasteiger partial charge in [-0.1, -0.05) is 26.0 Å². The van der Waals surface area contributed by atoms with Gasteiger partial charge >= 0.3 is 0 Å². The topological polar surface area (TPSA) is 30.9 Å². The summed E-state index contributed by atoms with van der Waals surface area (Å²) >= 11 is 0. The average Bonchev–Trinajstić information content (AvgIpc) is 2.51. The zero-order valence-corrected chi connectivity index (χ0v) is 18.1. The van der Waals surface area contributed by atoms with Crippen molar-refractivity contribution < 1.29 is 0 Å². The smallest absolute Gasteiger partial charge is 0.193 e. The van der Waals surface area contributed by atoms with Crippen molar-refractivity contribution in [1.82, 2.24) is 10.2 Å². The van der Waals surface area contributed by atoms with E-state index in [1.807, 2.05) is 7.05 Å². The van der Waals surface area contributed by atoms with E-state index in [0.717, 1.165) is 43.9 Å². The first kappa shape index (κ1) is 21.1. The maximum Gasteiger partial charge on any atom is 0.193 e. The van der Waals surface area contributed by atoms with Crippen LogP contribution in [0.5, 0.6) is 0 Å². The molecule has 1 aromatic carbocycles. The van der Waals surface area contributed by atoms with Gasteiger partial charge in [0.15, 0.2) is 5.96 Å². The second-order valence-corrected chi connectivity index (χ2v) is 7.14. The van der Waals surface area contributed by atoms with E-state index < -0.39 is 0 Å². The summed E-state index contributed by atoms with van der Waals surface area (Å²) in [5.41, 5.74) is 2.60. The Morgan fingerprint density at radius 1 is 1.17 bits per heavy atom. The van der Waals surface area contributed by atoms with Crippen LogP contribution in [0.25, 0.3) is 0 Å². The van der Waals surface area contributed by atoms with E-state index >= 15 is 0 Å². The number of hydrogen-bond acceptors (Lipinski definition) is 2. The Morgan fingerprint density at radius 2 is 1.75 bits per heavy atom. The zero-order chi connectivity index (χ0) is 16.8. The summed E-state index contributed by atoms with van der Waals surface area (Å²) in [6.45, 7) is 7.82. The maximum absolute atomic E-state index is 4.47. The number of hydrogen-bond donors (Lipinski definition) is 1. The van der Waals surface area contributed by atoms with Crippen LogP contribution in [0.15, 0.2) is 29.3 Å². The molecule has 0 saturated carbocycles. The predicted octanol–water partition coefficient (Wildman–Crippen LogP) is 3.47. The van der Waals surface area contributed by atoms with Crippen LogP contribution in [0.4, 0.5) is 5.69 Å². The quantitative estimate of drug-likeness (QED) is 0.439. The zero-order valence-electron chi connectivity index (χ0n) is 15.7. The van der Waals surface area contributed by atoms with E-state index in [9.17, 15) is 0 Å². The van der Waals surface area contributed by atoms with E-state index in [2.05, 4.69) is 72.3 Å². The van der Waals surface area contributed by atoms with Crippen molar-refractivity contribution in [3.05, 3.63) is 29.8 Å². The van der Waals surface area contributed by atoms with E-state index in [-0.39, 0.29) is 24.0 Å². The van der Waals surface area contributed by atoms with Gasteiger partial charge in [0.1, 0.15) is 0 Å². The molecule has 1 fully saturated rings. The number of anilines is 1. The van der Waals surface area contributed by atoms with Gasteiger partial charge in [0.2, 0.25) is 0 Å². The number of guanidine groups is 1. The second kappa shape index (κ2) is 10.1. The van der Waals surface area contributed by atoms with Crippen molar-refractivity contribution in [1.29, 1.82) is 0 Å². The highest BCUT2D eigenvalue weighted by Crippen LogP contribution is 2.20. The largest absolute Gasteiger partial charge is 0.378 e. The minimum absolute atomic E-state index is 0. The lowest BCUT2D eigenvalue weighted by atomic mass is 9.92. The van der Waals surface area contributed by atoms with Crippen LogP contribution in [0.2, 0.25) is 0 Å². The number of rotatable bonds is 4. The molecule has 2 atom stereocenters. The van der Waals surface area contributed by atoms with E-state index in [4.69, 9.17) is 0 Å². The summed E-state index contributed by atoms with van der Waals surface area (Å²) < 4.78 is 0. The molecule has 1 N–H and O–H groups in total. The second-order valence-electron chi connectivity index (χ2n) is 7.14. The Bertz CT molecular complexity index is 503. The van der Waals surface area contributed by atoms with Crippen LogP contribution in [0.1, 0.15) is 25.8 Å². The van der Waals surface area contributed by atoms with Gasteiger partial charge in [0.25, 0.3) is 0 Å². The minimum atomic E-state index is 0. The third kappa shape index (κ3) is 6.15. The van der Waals surface area contributed by atoms with E-state index in [1.165, 1.54) is 17.7 Å². The molecule has 2 unspecified atom stereocenters. The lowest BCUT2D eigenvalue weighted by Gasteiger charge is -2.37.